The first-order valence-corrected chi connectivity index (χ1v) is 12.0. The third-order valence-corrected chi connectivity index (χ3v) is 6.69. The zero-order chi connectivity index (χ0) is 24.5. The van der Waals surface area contributed by atoms with Crippen LogP contribution in [0.5, 0.6) is 5.88 Å². The lowest BCUT2D eigenvalue weighted by atomic mass is 10.1. The highest BCUT2D eigenvalue weighted by Crippen LogP contribution is 2.37. The van der Waals surface area contributed by atoms with Crippen molar-refractivity contribution in [2.75, 3.05) is 41.5 Å². The van der Waals surface area contributed by atoms with Crippen LogP contribution in [0.2, 0.25) is 10.0 Å². The van der Waals surface area contributed by atoms with E-state index in [1.54, 1.807) is 18.2 Å². The van der Waals surface area contributed by atoms with Crippen LogP contribution in [0.3, 0.4) is 0 Å². The minimum atomic E-state index is -0.357. The maximum absolute atomic E-state index is 13.1. The van der Waals surface area contributed by atoms with E-state index in [0.717, 1.165) is 30.9 Å². The van der Waals surface area contributed by atoms with Crippen LogP contribution in [-0.4, -0.2) is 53.4 Å². The van der Waals surface area contributed by atoms with Gasteiger partial charge in [-0.3, -0.25) is 9.69 Å². The molecule has 3 aromatic rings. The zero-order valence-corrected chi connectivity index (χ0v) is 20.5. The Labute approximate surface area is 212 Å². The normalized spacial score (nSPS) is 17.7. The van der Waals surface area contributed by atoms with Crippen molar-refractivity contribution in [3.05, 3.63) is 63.8 Å². The number of aliphatic hydroxyl groups excluding tert-OH is 1. The van der Waals surface area contributed by atoms with Gasteiger partial charge in [-0.1, -0.05) is 29.3 Å². The van der Waals surface area contributed by atoms with Gasteiger partial charge in [0.1, 0.15) is 5.56 Å². The molecule has 9 nitrogen and oxygen atoms in total. The molecule has 0 spiro atoms. The molecule has 2 aromatic carbocycles. The number of rotatable bonds is 5. The second kappa shape index (κ2) is 9.87. The predicted octanol–water partition coefficient (Wildman–Crippen LogP) is 3.81. The number of hydrogen-bond donors (Lipinski definition) is 3. The number of fused-ring (bicyclic) bond motifs is 1. The molecule has 0 unspecified atom stereocenters. The number of nitrogens with zero attached hydrogens (tertiary/aromatic N) is 4. The number of aliphatic hydroxyl groups is 1. The molecular weight excluding hydrogens is 491 g/mol. The van der Waals surface area contributed by atoms with Crippen LogP contribution < -0.4 is 25.2 Å². The smallest absolute Gasteiger partial charge is 0.268 e. The van der Waals surface area contributed by atoms with Gasteiger partial charge in [0.25, 0.3) is 5.91 Å². The van der Waals surface area contributed by atoms with Crippen molar-refractivity contribution in [1.82, 2.24) is 15.3 Å². The highest BCUT2D eigenvalue weighted by atomic mass is 35.5. The minimum Gasteiger partial charge on any atom is -0.455 e. The number of halogens is 2. The molecule has 1 atom stereocenters. The van der Waals surface area contributed by atoms with Gasteiger partial charge in [-0.15, -0.1) is 0 Å². The number of amides is 1. The number of aromatic nitrogens is 2. The SMILES string of the molecule is C[C@H]1CNCCN1c1ccc(Nc2ncc3c(n2)OCN(c2c(Cl)cccc2Cl)C3=O)cc1CO. The van der Waals surface area contributed by atoms with Gasteiger partial charge in [-0.05, 0) is 37.3 Å². The maximum atomic E-state index is 13.1. The molecule has 3 heterocycles. The van der Waals surface area contributed by atoms with E-state index in [0.29, 0.717) is 27.5 Å². The molecule has 3 N–H and O–H groups in total. The molecule has 1 saturated heterocycles. The summed E-state index contributed by atoms with van der Waals surface area (Å²) in [5.74, 6) is 0.0818. The summed E-state index contributed by atoms with van der Waals surface area (Å²) in [6, 6.07) is 11.1. The van der Waals surface area contributed by atoms with Gasteiger partial charge in [0.2, 0.25) is 11.8 Å². The van der Waals surface area contributed by atoms with Gasteiger partial charge in [0.05, 0.1) is 22.3 Å². The molecule has 11 heteroatoms. The van der Waals surface area contributed by atoms with Crippen LogP contribution in [0, 0.1) is 0 Å². The van der Waals surface area contributed by atoms with Crippen molar-refractivity contribution in [3.8, 4) is 5.88 Å². The van der Waals surface area contributed by atoms with Crippen LogP contribution in [0.15, 0.2) is 42.6 Å². The Hall–Kier alpha value is -3.11. The molecule has 1 fully saturated rings. The van der Waals surface area contributed by atoms with Gasteiger partial charge in [-0.25, -0.2) is 4.98 Å². The van der Waals surface area contributed by atoms with Gasteiger partial charge >= 0.3 is 0 Å². The van der Waals surface area contributed by atoms with Gasteiger partial charge in [0.15, 0.2) is 6.73 Å². The summed E-state index contributed by atoms with van der Waals surface area (Å²) < 4.78 is 5.75. The lowest BCUT2D eigenvalue weighted by Crippen LogP contribution is -2.50. The second-order valence-corrected chi connectivity index (χ2v) is 9.18. The Morgan fingerprint density at radius 1 is 1.26 bits per heavy atom. The first-order valence-electron chi connectivity index (χ1n) is 11.2. The summed E-state index contributed by atoms with van der Waals surface area (Å²) in [7, 11) is 0. The molecule has 35 heavy (non-hydrogen) atoms. The Morgan fingerprint density at radius 3 is 2.80 bits per heavy atom. The average molecular weight is 515 g/mol. The number of nitrogens with one attached hydrogen (secondary N) is 2. The standard InChI is InChI=1S/C24H24Cl2N6O3/c1-14-10-27-7-8-31(14)20-6-5-16(9-15(20)12-33)29-24-28-11-17-22(30-24)35-13-32(23(17)34)21-18(25)3-2-4-19(21)26/h2-6,9,11,14,27,33H,7-8,10,12-13H2,1H3,(H,28,29,30)/t14-/m0/s1. The minimum absolute atomic E-state index is 0.0853. The quantitative estimate of drug-likeness (QED) is 0.472. The van der Waals surface area contributed by atoms with E-state index in [4.69, 9.17) is 27.9 Å². The Morgan fingerprint density at radius 2 is 2.06 bits per heavy atom. The summed E-state index contributed by atoms with van der Waals surface area (Å²) in [6.45, 7) is 4.64. The first kappa shape index (κ1) is 23.6. The first-order chi connectivity index (χ1) is 17.0. The zero-order valence-electron chi connectivity index (χ0n) is 19.0. The Kier molecular flexibility index (Phi) is 6.66. The Balaban J connectivity index is 1.36. The number of benzene rings is 2. The molecule has 1 amide bonds. The summed E-state index contributed by atoms with van der Waals surface area (Å²) >= 11 is 12.5. The number of carbonyl (C=O) groups excluding carboxylic acids is 1. The molecule has 182 valence electrons. The summed E-state index contributed by atoms with van der Waals surface area (Å²) in [5, 5.41) is 17.2. The molecule has 2 aliphatic rings. The fraction of sp³-hybridized carbons (Fsp3) is 0.292. The van der Waals surface area contributed by atoms with E-state index >= 15 is 0 Å². The van der Waals surface area contributed by atoms with E-state index in [9.17, 15) is 9.90 Å². The Bertz CT molecular complexity index is 1250. The molecule has 5 rings (SSSR count). The van der Waals surface area contributed by atoms with E-state index in [-0.39, 0.29) is 36.6 Å². The summed E-state index contributed by atoms with van der Waals surface area (Å²) in [4.78, 5) is 25.4. The third-order valence-electron chi connectivity index (χ3n) is 6.08. The van der Waals surface area contributed by atoms with Crippen molar-refractivity contribution in [3.63, 3.8) is 0 Å². The summed E-state index contributed by atoms with van der Waals surface area (Å²) in [5.41, 5.74) is 3.11. The lowest BCUT2D eigenvalue weighted by molar-refractivity contribution is 0.0932. The predicted molar refractivity (Wildman–Crippen MR) is 136 cm³/mol. The number of carbonyl (C=O) groups is 1. The summed E-state index contributed by atoms with van der Waals surface area (Å²) in [6.07, 6.45) is 1.41. The largest absolute Gasteiger partial charge is 0.455 e. The topological polar surface area (TPSA) is 103 Å². The van der Waals surface area contributed by atoms with Crippen molar-refractivity contribution in [2.45, 2.75) is 19.6 Å². The fourth-order valence-electron chi connectivity index (χ4n) is 4.32. The molecule has 1 aromatic heterocycles. The number of hydrogen-bond acceptors (Lipinski definition) is 8. The molecule has 0 saturated carbocycles. The van der Waals surface area contributed by atoms with Crippen LogP contribution in [-0.2, 0) is 6.61 Å². The third kappa shape index (κ3) is 4.60. The molecular formula is C24H24Cl2N6O3. The number of ether oxygens (including phenoxy) is 1. The van der Waals surface area contributed by atoms with Crippen LogP contribution in [0.4, 0.5) is 23.0 Å². The number of anilines is 4. The lowest BCUT2D eigenvalue weighted by Gasteiger charge is -2.37. The number of para-hydroxylation sites is 1. The van der Waals surface area contributed by atoms with Gasteiger partial charge < -0.3 is 25.4 Å². The molecule has 0 radical (unpaired) electrons. The van der Waals surface area contributed by atoms with E-state index in [2.05, 4.69) is 32.4 Å². The fourth-order valence-corrected chi connectivity index (χ4v) is 4.93. The maximum Gasteiger partial charge on any atom is 0.268 e. The second-order valence-electron chi connectivity index (χ2n) is 8.36. The van der Waals surface area contributed by atoms with Crippen molar-refractivity contribution in [1.29, 1.82) is 0 Å². The van der Waals surface area contributed by atoms with Crippen LogP contribution in [0.25, 0.3) is 0 Å². The molecule has 2 aliphatic heterocycles. The van der Waals surface area contributed by atoms with Crippen molar-refractivity contribution < 1.29 is 14.6 Å². The van der Waals surface area contributed by atoms with Crippen molar-refractivity contribution >= 4 is 52.1 Å². The van der Waals surface area contributed by atoms with E-state index in [1.807, 2.05) is 18.2 Å². The highest BCUT2D eigenvalue weighted by molar-refractivity contribution is 6.40. The average Bonchev–Trinajstić information content (AvgIpc) is 2.85. The molecule has 0 aliphatic carbocycles. The van der Waals surface area contributed by atoms with Crippen molar-refractivity contribution in [2.24, 2.45) is 0 Å². The number of piperazine rings is 1. The van der Waals surface area contributed by atoms with Crippen LogP contribution in [0.1, 0.15) is 22.8 Å². The van der Waals surface area contributed by atoms with Gasteiger partial charge in [0, 0.05) is 48.8 Å². The van der Waals surface area contributed by atoms with Crippen LogP contribution >= 0.6 is 23.2 Å². The van der Waals surface area contributed by atoms with E-state index < -0.39 is 0 Å². The highest BCUT2D eigenvalue weighted by Gasteiger charge is 2.31. The molecule has 0 bridgehead atoms. The van der Waals surface area contributed by atoms with E-state index in [1.165, 1.54) is 11.1 Å². The monoisotopic (exact) mass is 514 g/mol. The van der Waals surface area contributed by atoms with Gasteiger partial charge in [-0.2, -0.15) is 4.98 Å².